The summed E-state index contributed by atoms with van der Waals surface area (Å²) in [6.07, 6.45) is 4.86. The van der Waals surface area contributed by atoms with Crippen molar-refractivity contribution in [3.8, 4) is 0 Å². The summed E-state index contributed by atoms with van der Waals surface area (Å²) < 4.78 is 0. The summed E-state index contributed by atoms with van der Waals surface area (Å²) in [6, 6.07) is 14.0. The second-order valence-electron chi connectivity index (χ2n) is 8.73. The average Bonchev–Trinajstić information content (AvgIpc) is 3.02. The van der Waals surface area contributed by atoms with Gasteiger partial charge in [0.15, 0.2) is 0 Å². The summed E-state index contributed by atoms with van der Waals surface area (Å²) in [6.45, 7) is 14.3. The first-order chi connectivity index (χ1) is 11.8. The van der Waals surface area contributed by atoms with Crippen LogP contribution in [0.15, 0.2) is 47.5 Å². The molecule has 0 fully saturated rings. The Morgan fingerprint density at radius 2 is 1.04 bits per heavy atom. The summed E-state index contributed by atoms with van der Waals surface area (Å²) in [7, 11) is -1.65. The van der Waals surface area contributed by atoms with Crippen molar-refractivity contribution < 1.29 is 0 Å². The van der Waals surface area contributed by atoms with Crippen molar-refractivity contribution in [1.29, 1.82) is 0 Å². The van der Waals surface area contributed by atoms with Crippen molar-refractivity contribution in [2.45, 2.75) is 51.9 Å². The Labute approximate surface area is 153 Å². The third-order valence-corrected chi connectivity index (χ3v) is 10.8. The number of benzene rings is 2. The first-order valence-corrected chi connectivity index (χ1v) is 12.5. The molecule has 0 bridgehead atoms. The lowest BCUT2D eigenvalue weighted by Crippen LogP contribution is -2.42. The van der Waals surface area contributed by atoms with Gasteiger partial charge in [0.25, 0.3) is 0 Å². The third-order valence-electron chi connectivity index (χ3n) is 6.27. The highest BCUT2D eigenvalue weighted by molar-refractivity contribution is 6.81. The molecule has 0 N–H and O–H groups in total. The van der Waals surface area contributed by atoms with Gasteiger partial charge in [0.2, 0.25) is 0 Å². The van der Waals surface area contributed by atoms with Gasteiger partial charge in [0.1, 0.15) is 0 Å². The minimum absolute atomic E-state index is 0.613. The highest BCUT2D eigenvalue weighted by atomic mass is 28.3. The molecule has 0 amide bonds. The fourth-order valence-corrected chi connectivity index (χ4v) is 10.4. The van der Waals surface area contributed by atoms with Crippen LogP contribution in [-0.2, 0) is 0 Å². The van der Waals surface area contributed by atoms with E-state index in [9.17, 15) is 0 Å². The van der Waals surface area contributed by atoms with Gasteiger partial charge in [0, 0.05) is 11.1 Å². The number of allylic oxidation sites excluding steroid dienone is 2. The van der Waals surface area contributed by atoms with Gasteiger partial charge in [-0.3, -0.25) is 0 Å². The molecular weight excluding hydrogens is 316 g/mol. The van der Waals surface area contributed by atoms with E-state index in [1.165, 1.54) is 22.3 Å². The maximum atomic E-state index is 2.60. The number of hydrogen-bond acceptors (Lipinski definition) is 0. The van der Waals surface area contributed by atoms with Gasteiger partial charge in [-0.05, 0) is 49.9 Å². The molecule has 0 nitrogen and oxygen atoms in total. The van der Waals surface area contributed by atoms with Crippen LogP contribution < -0.4 is 0 Å². The Kier molecular flexibility index (Phi) is 3.70. The van der Waals surface area contributed by atoms with Gasteiger partial charge in [-0.1, -0.05) is 83.9 Å². The monoisotopic (exact) mass is 344 g/mol. The van der Waals surface area contributed by atoms with E-state index in [0.29, 0.717) is 11.1 Å². The second-order valence-corrected chi connectivity index (χ2v) is 13.5. The van der Waals surface area contributed by atoms with Crippen molar-refractivity contribution in [2.24, 2.45) is 0 Å². The fraction of sp³-hybridized carbons (Fsp3) is 0.333. The molecule has 2 atom stereocenters. The zero-order valence-corrected chi connectivity index (χ0v) is 17.3. The quantitative estimate of drug-likeness (QED) is 0.526. The molecule has 0 aliphatic heterocycles. The number of rotatable bonds is 2. The summed E-state index contributed by atoms with van der Waals surface area (Å²) in [5.74, 6) is 0. The van der Waals surface area contributed by atoms with Crippen molar-refractivity contribution in [3.05, 3.63) is 80.9 Å². The lowest BCUT2D eigenvalue weighted by Gasteiger charge is -2.39. The first kappa shape index (κ1) is 16.6. The second kappa shape index (κ2) is 5.57. The molecule has 2 aliphatic carbocycles. The van der Waals surface area contributed by atoms with Crippen LogP contribution in [-0.4, -0.2) is 8.07 Å². The maximum Gasteiger partial charge on any atom is 0.0722 e. The molecule has 2 aromatic rings. The molecule has 0 saturated carbocycles. The molecule has 2 aliphatic rings. The molecule has 128 valence electrons. The molecule has 4 rings (SSSR count). The van der Waals surface area contributed by atoms with E-state index in [4.69, 9.17) is 0 Å². The molecule has 2 unspecified atom stereocenters. The minimum Gasteiger partial charge on any atom is -0.0679 e. The summed E-state index contributed by atoms with van der Waals surface area (Å²) >= 11 is 0. The Morgan fingerprint density at radius 1 is 0.640 bits per heavy atom. The van der Waals surface area contributed by atoms with Crippen LogP contribution in [0.1, 0.15) is 58.3 Å². The SMILES string of the molecule is CC1=Cc2ccc(C)cc2C1[Si](C)(C)C1C(C)=Cc2ccc(C)cc21. The topological polar surface area (TPSA) is 0 Å². The predicted molar refractivity (Wildman–Crippen MR) is 113 cm³/mol. The zero-order chi connectivity index (χ0) is 17.9. The van der Waals surface area contributed by atoms with Crippen molar-refractivity contribution in [3.63, 3.8) is 0 Å². The van der Waals surface area contributed by atoms with Crippen LogP contribution in [0.2, 0.25) is 13.1 Å². The Bertz CT molecular complexity index is 852. The smallest absolute Gasteiger partial charge is 0.0679 e. The Hall–Kier alpha value is -1.86. The predicted octanol–water partition coefficient (Wildman–Crippen LogP) is 6.79. The first-order valence-electron chi connectivity index (χ1n) is 9.36. The molecule has 0 radical (unpaired) electrons. The number of fused-ring (bicyclic) bond motifs is 2. The van der Waals surface area contributed by atoms with Gasteiger partial charge < -0.3 is 0 Å². The summed E-state index contributed by atoms with van der Waals surface area (Å²) in [5.41, 5.74) is 13.1. The van der Waals surface area contributed by atoms with Gasteiger partial charge >= 0.3 is 0 Å². The van der Waals surface area contributed by atoms with Crippen LogP contribution in [0.3, 0.4) is 0 Å². The van der Waals surface area contributed by atoms with E-state index in [-0.39, 0.29) is 0 Å². The van der Waals surface area contributed by atoms with Crippen LogP contribution in [0, 0.1) is 13.8 Å². The van der Waals surface area contributed by atoms with E-state index in [1.54, 1.807) is 22.3 Å². The highest BCUT2D eigenvalue weighted by Crippen LogP contribution is 2.52. The van der Waals surface area contributed by atoms with E-state index in [2.05, 4.69) is 89.3 Å². The molecule has 0 heterocycles. The highest BCUT2D eigenvalue weighted by Gasteiger charge is 2.46. The lowest BCUT2D eigenvalue weighted by atomic mass is 10.1. The Morgan fingerprint density at radius 3 is 1.44 bits per heavy atom. The van der Waals surface area contributed by atoms with Gasteiger partial charge in [0.05, 0.1) is 8.07 Å². The number of hydrogen-bond donors (Lipinski definition) is 0. The van der Waals surface area contributed by atoms with E-state index >= 15 is 0 Å². The molecule has 0 spiro atoms. The molecule has 1 heteroatoms. The number of aryl methyl sites for hydroxylation is 2. The van der Waals surface area contributed by atoms with E-state index < -0.39 is 8.07 Å². The van der Waals surface area contributed by atoms with Gasteiger partial charge in [-0.2, -0.15) is 0 Å². The van der Waals surface area contributed by atoms with Crippen LogP contribution in [0.25, 0.3) is 12.2 Å². The fourth-order valence-electron chi connectivity index (χ4n) is 5.44. The van der Waals surface area contributed by atoms with Crippen LogP contribution >= 0.6 is 0 Å². The van der Waals surface area contributed by atoms with Crippen LogP contribution in [0.5, 0.6) is 0 Å². The maximum absolute atomic E-state index is 2.60. The van der Waals surface area contributed by atoms with Crippen molar-refractivity contribution in [2.75, 3.05) is 0 Å². The third kappa shape index (κ3) is 2.48. The molecule has 25 heavy (non-hydrogen) atoms. The van der Waals surface area contributed by atoms with Gasteiger partial charge in [-0.25, -0.2) is 0 Å². The molecule has 2 aromatic carbocycles. The van der Waals surface area contributed by atoms with E-state index in [1.807, 2.05) is 0 Å². The summed E-state index contributed by atoms with van der Waals surface area (Å²) in [4.78, 5) is 0. The molecule has 0 aromatic heterocycles. The lowest BCUT2D eigenvalue weighted by molar-refractivity contribution is 0.965. The van der Waals surface area contributed by atoms with Gasteiger partial charge in [-0.15, -0.1) is 0 Å². The van der Waals surface area contributed by atoms with Crippen molar-refractivity contribution in [1.82, 2.24) is 0 Å². The minimum atomic E-state index is -1.65. The molecular formula is C24H28Si. The average molecular weight is 345 g/mol. The normalized spacial score (nSPS) is 21.7. The molecule has 0 saturated heterocycles. The Balaban J connectivity index is 1.85. The largest absolute Gasteiger partial charge is 0.0722 e. The summed E-state index contributed by atoms with van der Waals surface area (Å²) in [5, 5.41) is 0. The van der Waals surface area contributed by atoms with Crippen molar-refractivity contribution >= 4 is 20.2 Å². The van der Waals surface area contributed by atoms with E-state index in [0.717, 1.165) is 0 Å². The van der Waals surface area contributed by atoms with Crippen LogP contribution in [0.4, 0.5) is 0 Å². The standard InChI is InChI=1S/C24H28Si/c1-15-7-9-19-13-17(3)23(21(19)11-15)25(5,6)24-18(4)14-20-10-8-16(2)12-22(20)24/h7-14,23-24H,1-6H3. The zero-order valence-electron chi connectivity index (χ0n) is 16.3.